The maximum atomic E-state index is 11.0. The first-order valence-corrected chi connectivity index (χ1v) is 5.71. The standard InChI is InChI=1S/C7H18NO3P/c1-8(2,3)6-5-7-12(9,10)11-4/h5-7H2,1-4H3/p+1. The lowest BCUT2D eigenvalue weighted by atomic mass is 10.4. The molecule has 0 bridgehead atoms. The molecule has 0 rings (SSSR count). The van der Waals surface area contributed by atoms with Crippen molar-refractivity contribution in [3.63, 3.8) is 0 Å². The molecule has 74 valence electrons. The first-order chi connectivity index (χ1) is 5.27. The lowest BCUT2D eigenvalue weighted by Gasteiger charge is -2.23. The van der Waals surface area contributed by atoms with Gasteiger partial charge in [0, 0.05) is 13.5 Å². The molecule has 5 heteroatoms. The van der Waals surface area contributed by atoms with E-state index in [-0.39, 0.29) is 6.16 Å². The summed E-state index contributed by atoms with van der Waals surface area (Å²) < 4.78 is 16.3. The molecule has 0 spiro atoms. The van der Waals surface area contributed by atoms with Crippen LogP contribution in [-0.2, 0) is 9.09 Å². The molecule has 0 saturated heterocycles. The number of hydrogen-bond donors (Lipinski definition) is 1. The van der Waals surface area contributed by atoms with E-state index in [0.717, 1.165) is 11.0 Å². The molecule has 0 aliphatic rings. The van der Waals surface area contributed by atoms with Gasteiger partial charge in [0.1, 0.15) is 0 Å². The summed E-state index contributed by atoms with van der Waals surface area (Å²) in [5.74, 6) is 0. The third-order valence-electron chi connectivity index (χ3n) is 1.55. The Morgan fingerprint density at radius 1 is 1.42 bits per heavy atom. The van der Waals surface area contributed by atoms with Gasteiger partial charge in [0.25, 0.3) is 0 Å². The molecule has 0 aliphatic heterocycles. The minimum atomic E-state index is -3.27. The molecule has 0 heterocycles. The minimum Gasteiger partial charge on any atom is -0.331 e. The van der Waals surface area contributed by atoms with E-state index in [0.29, 0.717) is 6.42 Å². The highest BCUT2D eigenvalue weighted by atomic mass is 31.2. The van der Waals surface area contributed by atoms with Crippen molar-refractivity contribution < 1.29 is 18.5 Å². The van der Waals surface area contributed by atoms with E-state index in [1.807, 2.05) is 0 Å². The van der Waals surface area contributed by atoms with Crippen molar-refractivity contribution in [1.29, 1.82) is 0 Å². The summed E-state index contributed by atoms with van der Waals surface area (Å²) in [7, 11) is 4.15. The second kappa shape index (κ2) is 4.38. The number of nitrogens with zero attached hydrogens (tertiary/aromatic N) is 1. The van der Waals surface area contributed by atoms with Gasteiger partial charge in [-0.1, -0.05) is 0 Å². The summed E-state index contributed by atoms with van der Waals surface area (Å²) >= 11 is 0. The van der Waals surface area contributed by atoms with E-state index < -0.39 is 7.60 Å². The second-order valence-corrected chi connectivity index (χ2v) is 6.00. The van der Waals surface area contributed by atoms with Crippen molar-refractivity contribution in [3.05, 3.63) is 0 Å². The molecule has 0 aromatic heterocycles. The first kappa shape index (κ1) is 12.1. The quantitative estimate of drug-likeness (QED) is 0.525. The van der Waals surface area contributed by atoms with Crippen molar-refractivity contribution in [2.45, 2.75) is 6.42 Å². The largest absolute Gasteiger partial charge is 0.331 e. The predicted molar refractivity (Wildman–Crippen MR) is 49.2 cm³/mol. The number of hydrogen-bond acceptors (Lipinski definition) is 2. The third-order valence-corrected chi connectivity index (χ3v) is 3.01. The molecule has 1 atom stereocenters. The van der Waals surface area contributed by atoms with Crippen LogP contribution in [0.2, 0.25) is 0 Å². The lowest BCUT2D eigenvalue weighted by Crippen LogP contribution is -2.35. The molecule has 1 N–H and O–H groups in total. The fraction of sp³-hybridized carbons (Fsp3) is 1.00. The zero-order valence-electron chi connectivity index (χ0n) is 8.28. The van der Waals surface area contributed by atoms with E-state index in [1.165, 1.54) is 7.11 Å². The maximum Gasteiger partial charge on any atom is 0.328 e. The highest BCUT2D eigenvalue weighted by molar-refractivity contribution is 7.52. The molecule has 12 heavy (non-hydrogen) atoms. The summed E-state index contributed by atoms with van der Waals surface area (Å²) in [6.07, 6.45) is 0.962. The van der Waals surface area contributed by atoms with Gasteiger partial charge < -0.3 is 13.9 Å². The van der Waals surface area contributed by atoms with E-state index in [4.69, 9.17) is 4.89 Å². The molecule has 0 fully saturated rings. The summed E-state index contributed by atoms with van der Waals surface area (Å²) in [6, 6.07) is 0. The smallest absolute Gasteiger partial charge is 0.328 e. The van der Waals surface area contributed by atoms with Crippen LogP contribution in [0.4, 0.5) is 0 Å². The molecule has 0 aromatic rings. The number of rotatable bonds is 5. The van der Waals surface area contributed by atoms with Gasteiger partial charge in [0.2, 0.25) is 0 Å². The highest BCUT2D eigenvalue weighted by Crippen LogP contribution is 2.41. The Morgan fingerprint density at radius 2 is 1.92 bits per heavy atom. The van der Waals surface area contributed by atoms with Gasteiger partial charge >= 0.3 is 7.60 Å². The zero-order chi connectivity index (χ0) is 9.83. The average molecular weight is 196 g/mol. The molecular weight excluding hydrogens is 177 g/mol. The van der Waals surface area contributed by atoms with Crippen molar-refractivity contribution in [2.75, 3.05) is 41.0 Å². The molecule has 4 nitrogen and oxygen atoms in total. The van der Waals surface area contributed by atoms with Crippen LogP contribution in [0.1, 0.15) is 6.42 Å². The molecule has 0 amide bonds. The van der Waals surface area contributed by atoms with Gasteiger partial charge in [0.15, 0.2) is 0 Å². The molecule has 0 aliphatic carbocycles. The predicted octanol–water partition coefficient (Wildman–Crippen LogP) is 0.914. The molecule has 1 unspecified atom stereocenters. The van der Waals surface area contributed by atoms with Crippen LogP contribution in [0.25, 0.3) is 0 Å². The van der Waals surface area contributed by atoms with Gasteiger partial charge in [-0.3, -0.25) is 4.57 Å². The summed E-state index contributed by atoms with van der Waals surface area (Å²) in [5, 5.41) is 0. The van der Waals surface area contributed by atoms with Crippen molar-refractivity contribution in [1.82, 2.24) is 0 Å². The Bertz CT molecular complexity index is 176. The van der Waals surface area contributed by atoms with Crippen LogP contribution < -0.4 is 0 Å². The highest BCUT2D eigenvalue weighted by Gasteiger charge is 2.18. The van der Waals surface area contributed by atoms with E-state index in [1.54, 1.807) is 0 Å². The Kier molecular flexibility index (Phi) is 4.42. The van der Waals surface area contributed by atoms with Gasteiger partial charge in [-0.2, -0.15) is 0 Å². The number of quaternary nitrogens is 1. The van der Waals surface area contributed by atoms with Gasteiger partial charge in [-0.25, -0.2) is 0 Å². The fourth-order valence-corrected chi connectivity index (χ4v) is 1.56. The van der Waals surface area contributed by atoms with Crippen LogP contribution in [0.5, 0.6) is 0 Å². The summed E-state index contributed by atoms with van der Waals surface area (Å²) in [4.78, 5) is 9.05. The van der Waals surface area contributed by atoms with Crippen LogP contribution in [0, 0.1) is 0 Å². The van der Waals surface area contributed by atoms with Gasteiger partial charge in [0.05, 0.1) is 33.8 Å². The zero-order valence-corrected chi connectivity index (χ0v) is 9.17. The summed E-state index contributed by atoms with van der Waals surface area (Å²) in [6.45, 7) is 0.883. The van der Waals surface area contributed by atoms with E-state index in [9.17, 15) is 4.57 Å². The van der Waals surface area contributed by atoms with Crippen LogP contribution in [0.3, 0.4) is 0 Å². The van der Waals surface area contributed by atoms with Crippen molar-refractivity contribution in [3.8, 4) is 0 Å². The summed E-state index contributed by atoms with van der Waals surface area (Å²) in [5.41, 5.74) is 0. The monoisotopic (exact) mass is 196 g/mol. The minimum absolute atomic E-state index is 0.249. The third kappa shape index (κ3) is 6.80. The van der Waals surface area contributed by atoms with Crippen LogP contribution >= 0.6 is 7.60 Å². The topological polar surface area (TPSA) is 46.5 Å². The first-order valence-electron chi connectivity index (χ1n) is 3.95. The second-order valence-electron chi connectivity index (χ2n) is 3.91. The average Bonchev–Trinajstić information content (AvgIpc) is 1.84. The fourth-order valence-electron chi connectivity index (χ4n) is 0.836. The Labute approximate surface area is 74.3 Å². The molecule has 0 aromatic carbocycles. The Hall–Kier alpha value is 0.110. The lowest BCUT2D eigenvalue weighted by molar-refractivity contribution is -0.870. The Morgan fingerprint density at radius 3 is 2.25 bits per heavy atom. The van der Waals surface area contributed by atoms with Gasteiger partial charge in [-0.15, -0.1) is 0 Å². The Balaban J connectivity index is 3.65. The molecular formula is C7H19NO3P+. The van der Waals surface area contributed by atoms with Gasteiger partial charge in [-0.05, 0) is 0 Å². The van der Waals surface area contributed by atoms with E-state index in [2.05, 4.69) is 25.7 Å². The van der Waals surface area contributed by atoms with Crippen LogP contribution in [0.15, 0.2) is 0 Å². The van der Waals surface area contributed by atoms with Crippen LogP contribution in [-0.4, -0.2) is 50.3 Å². The maximum absolute atomic E-state index is 11.0. The molecule has 0 radical (unpaired) electrons. The van der Waals surface area contributed by atoms with Crippen molar-refractivity contribution in [2.24, 2.45) is 0 Å². The normalized spacial score (nSPS) is 17.4. The van der Waals surface area contributed by atoms with E-state index >= 15 is 0 Å². The van der Waals surface area contributed by atoms with Crippen molar-refractivity contribution >= 4 is 7.60 Å². The molecule has 0 saturated carbocycles. The SMILES string of the molecule is COP(=O)(O)CCC[N+](C)(C)C.